The Morgan fingerprint density at radius 2 is 2.00 bits per heavy atom. The molecule has 0 saturated carbocycles. The van der Waals surface area contributed by atoms with Crippen molar-refractivity contribution in [1.29, 1.82) is 0 Å². The molecule has 0 unspecified atom stereocenters. The van der Waals surface area contributed by atoms with Crippen molar-refractivity contribution in [2.24, 2.45) is 5.92 Å². The number of aromatic amines is 1. The van der Waals surface area contributed by atoms with Crippen molar-refractivity contribution < 1.29 is 13.6 Å². The van der Waals surface area contributed by atoms with Gasteiger partial charge in [-0.3, -0.25) is 19.4 Å². The fraction of sp³-hybridized carbons (Fsp3) is 0.444. The van der Waals surface area contributed by atoms with Gasteiger partial charge < -0.3 is 4.90 Å². The van der Waals surface area contributed by atoms with E-state index in [-0.39, 0.29) is 36.5 Å². The third kappa shape index (κ3) is 3.50. The zero-order valence-electron chi connectivity index (χ0n) is 14.3. The molecule has 0 aliphatic carbocycles. The van der Waals surface area contributed by atoms with E-state index >= 15 is 0 Å². The number of benzene rings is 1. The average molecular weight is 349 g/mol. The van der Waals surface area contributed by atoms with Gasteiger partial charge in [0, 0.05) is 23.9 Å². The van der Waals surface area contributed by atoms with E-state index in [1.54, 1.807) is 6.07 Å². The number of halogens is 2. The van der Waals surface area contributed by atoms with Crippen LogP contribution in [0.15, 0.2) is 35.1 Å². The molecular weight excluding hydrogens is 328 g/mol. The van der Waals surface area contributed by atoms with Gasteiger partial charge in [-0.1, -0.05) is 32.0 Å². The van der Waals surface area contributed by atoms with Crippen molar-refractivity contribution >= 4 is 5.91 Å². The van der Waals surface area contributed by atoms with Crippen molar-refractivity contribution in [2.75, 3.05) is 13.1 Å². The molecule has 1 aromatic heterocycles. The van der Waals surface area contributed by atoms with E-state index in [9.17, 15) is 18.4 Å². The van der Waals surface area contributed by atoms with E-state index in [0.29, 0.717) is 18.2 Å². The molecule has 0 spiro atoms. The van der Waals surface area contributed by atoms with Gasteiger partial charge in [0.25, 0.3) is 5.56 Å². The largest absolute Gasteiger partial charge is 0.335 e. The Kier molecular flexibility index (Phi) is 4.49. The van der Waals surface area contributed by atoms with Gasteiger partial charge in [-0.25, -0.2) is 8.78 Å². The molecule has 0 radical (unpaired) electrons. The lowest BCUT2D eigenvalue weighted by Crippen LogP contribution is -2.59. The van der Waals surface area contributed by atoms with E-state index in [1.165, 1.54) is 33.8 Å². The molecule has 1 aromatic carbocycles. The van der Waals surface area contributed by atoms with Crippen LogP contribution in [-0.4, -0.2) is 33.7 Å². The predicted molar refractivity (Wildman–Crippen MR) is 89.4 cm³/mol. The molecule has 1 aliphatic heterocycles. The van der Waals surface area contributed by atoms with Crippen molar-refractivity contribution in [3.63, 3.8) is 0 Å². The Labute approximate surface area is 144 Å². The Morgan fingerprint density at radius 1 is 1.32 bits per heavy atom. The number of alkyl halides is 1. The molecule has 0 bridgehead atoms. The molecule has 2 heterocycles. The van der Waals surface area contributed by atoms with Crippen LogP contribution < -0.4 is 5.56 Å². The maximum atomic E-state index is 14.8. The number of likely N-dealkylation sites (tertiary alicyclic amines) is 1. The first-order chi connectivity index (χ1) is 11.8. The van der Waals surface area contributed by atoms with Crippen LogP contribution in [0.2, 0.25) is 0 Å². The summed E-state index contributed by atoms with van der Waals surface area (Å²) in [5.41, 5.74) is -1.56. The van der Waals surface area contributed by atoms with Gasteiger partial charge in [-0.15, -0.1) is 0 Å². The van der Waals surface area contributed by atoms with Crippen LogP contribution in [0.25, 0.3) is 0 Å². The van der Waals surface area contributed by atoms with Crippen LogP contribution in [0.4, 0.5) is 8.78 Å². The second kappa shape index (κ2) is 6.46. The van der Waals surface area contributed by atoms with Crippen molar-refractivity contribution in [1.82, 2.24) is 14.7 Å². The first kappa shape index (κ1) is 17.4. The van der Waals surface area contributed by atoms with E-state index < -0.39 is 11.5 Å². The molecule has 1 N–H and O–H groups in total. The minimum absolute atomic E-state index is 0.00626. The number of hydrogen-bond donors (Lipinski definition) is 1. The molecule has 2 aromatic rings. The minimum Gasteiger partial charge on any atom is -0.335 e. The first-order valence-corrected chi connectivity index (χ1v) is 8.29. The zero-order valence-corrected chi connectivity index (χ0v) is 14.3. The molecule has 7 heteroatoms. The highest BCUT2D eigenvalue weighted by Gasteiger charge is 2.48. The number of rotatable bonds is 5. The van der Waals surface area contributed by atoms with Crippen LogP contribution in [0.3, 0.4) is 0 Å². The molecule has 1 fully saturated rings. The lowest BCUT2D eigenvalue weighted by atomic mass is 9.87. The predicted octanol–water partition coefficient (Wildman–Crippen LogP) is 2.22. The highest BCUT2D eigenvalue weighted by molar-refractivity contribution is 5.79. The number of H-pyrrole nitrogens is 1. The Balaban J connectivity index is 1.63. The standard InChI is InChI=1S/C18H21F2N3O2/c1-12(2)9-23-17(25)8-13(21-23)7-16(24)22-10-18(20,11-22)14-5-3-4-6-15(14)19/h3-6,8,12,21H,7,9-11H2,1-2H3. The SMILES string of the molecule is CC(C)Cn1[nH]c(CC(=O)N2CC(F)(c3ccccc3F)C2)cc1=O. The fourth-order valence-electron chi connectivity index (χ4n) is 3.08. The van der Waals surface area contributed by atoms with E-state index in [2.05, 4.69) is 5.10 Å². The third-order valence-corrected chi connectivity index (χ3v) is 4.32. The van der Waals surface area contributed by atoms with Gasteiger partial charge in [0.15, 0.2) is 5.67 Å². The maximum absolute atomic E-state index is 14.8. The number of amides is 1. The summed E-state index contributed by atoms with van der Waals surface area (Å²) in [7, 11) is 0. The molecular formula is C18H21F2N3O2. The second-order valence-electron chi connectivity index (χ2n) is 7.00. The summed E-state index contributed by atoms with van der Waals surface area (Å²) in [5, 5.41) is 2.91. The Hall–Kier alpha value is -2.44. The summed E-state index contributed by atoms with van der Waals surface area (Å²) in [6, 6.07) is 7.08. The van der Waals surface area contributed by atoms with Crippen LogP contribution in [0.5, 0.6) is 0 Å². The summed E-state index contributed by atoms with van der Waals surface area (Å²) in [4.78, 5) is 25.5. The monoisotopic (exact) mass is 349 g/mol. The molecule has 1 saturated heterocycles. The molecule has 5 nitrogen and oxygen atoms in total. The molecule has 1 aliphatic rings. The summed E-state index contributed by atoms with van der Waals surface area (Å²) in [5.74, 6) is -0.599. The van der Waals surface area contributed by atoms with Crippen LogP contribution >= 0.6 is 0 Å². The highest BCUT2D eigenvalue weighted by Crippen LogP contribution is 2.37. The average Bonchev–Trinajstić information content (AvgIpc) is 2.83. The smallest absolute Gasteiger partial charge is 0.266 e. The van der Waals surface area contributed by atoms with Gasteiger partial charge in [0.1, 0.15) is 5.82 Å². The lowest BCUT2D eigenvalue weighted by Gasteiger charge is -2.44. The minimum atomic E-state index is -1.85. The van der Waals surface area contributed by atoms with Crippen molar-refractivity contribution in [2.45, 2.75) is 32.5 Å². The summed E-state index contributed by atoms with van der Waals surface area (Å²) < 4.78 is 30.0. The fourth-order valence-corrected chi connectivity index (χ4v) is 3.08. The quantitative estimate of drug-likeness (QED) is 0.900. The topological polar surface area (TPSA) is 58.1 Å². The molecule has 0 atom stereocenters. The van der Waals surface area contributed by atoms with E-state index in [4.69, 9.17) is 0 Å². The normalized spacial score (nSPS) is 16.1. The van der Waals surface area contributed by atoms with E-state index in [1.807, 2.05) is 13.8 Å². The number of nitrogens with one attached hydrogen (secondary N) is 1. The second-order valence-corrected chi connectivity index (χ2v) is 7.00. The summed E-state index contributed by atoms with van der Waals surface area (Å²) in [6.45, 7) is 4.16. The Morgan fingerprint density at radius 3 is 2.64 bits per heavy atom. The number of nitrogens with zero attached hydrogens (tertiary/aromatic N) is 2. The maximum Gasteiger partial charge on any atom is 0.266 e. The van der Waals surface area contributed by atoms with Crippen LogP contribution in [0.1, 0.15) is 25.1 Å². The van der Waals surface area contributed by atoms with Gasteiger partial charge in [0.2, 0.25) is 5.91 Å². The number of aromatic nitrogens is 2. The van der Waals surface area contributed by atoms with Crippen molar-refractivity contribution in [3.05, 3.63) is 57.8 Å². The number of carbonyl (C=O) groups excluding carboxylic acids is 1. The number of hydrogen-bond acceptors (Lipinski definition) is 2. The summed E-state index contributed by atoms with van der Waals surface area (Å²) in [6.07, 6.45) is -0.00626. The van der Waals surface area contributed by atoms with Gasteiger partial charge >= 0.3 is 0 Å². The molecule has 1 amide bonds. The van der Waals surface area contributed by atoms with Gasteiger partial charge in [-0.05, 0) is 12.0 Å². The molecule has 3 rings (SSSR count). The Bertz CT molecular complexity index is 835. The zero-order chi connectivity index (χ0) is 18.2. The highest BCUT2D eigenvalue weighted by atomic mass is 19.1. The van der Waals surface area contributed by atoms with Crippen LogP contribution in [-0.2, 0) is 23.4 Å². The third-order valence-electron chi connectivity index (χ3n) is 4.32. The lowest BCUT2D eigenvalue weighted by molar-refractivity contribution is -0.145. The first-order valence-electron chi connectivity index (χ1n) is 8.29. The van der Waals surface area contributed by atoms with Crippen LogP contribution in [0, 0.1) is 11.7 Å². The van der Waals surface area contributed by atoms with Gasteiger partial charge in [-0.2, -0.15) is 0 Å². The molecule has 25 heavy (non-hydrogen) atoms. The molecule has 134 valence electrons. The van der Waals surface area contributed by atoms with Gasteiger partial charge in [0.05, 0.1) is 19.5 Å². The van der Waals surface area contributed by atoms with E-state index in [0.717, 1.165) is 0 Å². The number of carbonyl (C=O) groups is 1. The van der Waals surface area contributed by atoms with Crippen molar-refractivity contribution in [3.8, 4) is 0 Å². The summed E-state index contributed by atoms with van der Waals surface area (Å²) >= 11 is 0.